The van der Waals surface area contributed by atoms with Gasteiger partial charge in [-0.25, -0.2) is 9.52 Å². The minimum Gasteiger partial charge on any atom is -0.443 e. The van der Waals surface area contributed by atoms with Crippen LogP contribution in [0.25, 0.3) is 0 Å². The molecule has 0 aromatic rings. The second-order valence-corrected chi connectivity index (χ2v) is 6.67. The van der Waals surface area contributed by atoms with Crippen LogP contribution in [0.3, 0.4) is 0 Å². The highest BCUT2D eigenvalue weighted by Crippen LogP contribution is 2.19. The summed E-state index contributed by atoms with van der Waals surface area (Å²) in [7, 11) is -3.93. The average molecular weight is 274 g/mol. The fourth-order valence-corrected chi connectivity index (χ4v) is 2.90. The molecule has 0 aliphatic carbocycles. The Morgan fingerprint density at radius 1 is 1.50 bits per heavy atom. The van der Waals surface area contributed by atoms with Gasteiger partial charge < -0.3 is 4.74 Å². The van der Waals surface area contributed by atoms with Crippen LogP contribution in [0.2, 0.25) is 0 Å². The molecule has 1 aliphatic rings. The highest BCUT2D eigenvalue weighted by atomic mass is 32.2. The van der Waals surface area contributed by atoms with Crippen LogP contribution in [0.4, 0.5) is 4.79 Å². The molecule has 1 amide bonds. The minimum atomic E-state index is -3.93. The number of amides is 1. The van der Waals surface area contributed by atoms with E-state index in [9.17, 15) is 13.2 Å². The van der Waals surface area contributed by atoms with Gasteiger partial charge in [0.25, 0.3) is 0 Å². The van der Waals surface area contributed by atoms with Crippen LogP contribution < -0.4 is 4.72 Å². The van der Waals surface area contributed by atoms with Crippen molar-refractivity contribution in [3.8, 4) is 12.3 Å². The van der Waals surface area contributed by atoms with E-state index in [1.54, 1.807) is 20.8 Å². The van der Waals surface area contributed by atoms with Crippen molar-refractivity contribution in [2.75, 3.05) is 6.54 Å². The van der Waals surface area contributed by atoms with E-state index in [4.69, 9.17) is 11.2 Å². The molecule has 0 bridgehead atoms. The molecule has 102 valence electrons. The van der Waals surface area contributed by atoms with Crippen molar-refractivity contribution in [1.29, 1.82) is 0 Å². The van der Waals surface area contributed by atoms with Gasteiger partial charge in [-0.1, -0.05) is 5.92 Å². The van der Waals surface area contributed by atoms with Gasteiger partial charge in [0.05, 0.1) is 6.04 Å². The smallest absolute Gasteiger partial charge is 0.422 e. The van der Waals surface area contributed by atoms with E-state index in [-0.39, 0.29) is 0 Å². The summed E-state index contributed by atoms with van der Waals surface area (Å²) in [6.45, 7) is 5.27. The van der Waals surface area contributed by atoms with Gasteiger partial charge in [0.1, 0.15) is 5.60 Å². The van der Waals surface area contributed by atoms with Crippen molar-refractivity contribution in [2.24, 2.45) is 0 Å². The van der Waals surface area contributed by atoms with Crippen LogP contribution >= 0.6 is 0 Å². The van der Waals surface area contributed by atoms with Crippen LogP contribution in [-0.2, 0) is 14.9 Å². The third-order valence-electron chi connectivity index (χ3n) is 2.32. The number of hydrogen-bond acceptors (Lipinski definition) is 4. The summed E-state index contributed by atoms with van der Waals surface area (Å²) >= 11 is 0. The summed E-state index contributed by atoms with van der Waals surface area (Å²) in [5.41, 5.74) is -0.754. The zero-order valence-electron chi connectivity index (χ0n) is 10.8. The molecular weight excluding hydrogens is 256 g/mol. The van der Waals surface area contributed by atoms with E-state index >= 15 is 0 Å². The first-order valence-electron chi connectivity index (χ1n) is 5.64. The lowest BCUT2D eigenvalue weighted by Gasteiger charge is -2.23. The first kappa shape index (κ1) is 14.8. The standard InChI is InChI=1S/C11H18N2O4S/c1-5-9-7-6-8-13(9)18(15,16)12-10(14)17-11(2,3)4/h1,9H,6-8H2,2-4H3,(H,12,14). The lowest BCUT2D eigenvalue weighted by atomic mass is 10.2. The second-order valence-electron chi connectivity index (χ2n) is 5.04. The minimum absolute atomic E-state index is 0.312. The summed E-state index contributed by atoms with van der Waals surface area (Å²) in [4.78, 5) is 11.4. The van der Waals surface area contributed by atoms with Gasteiger partial charge in [-0.2, -0.15) is 12.7 Å². The summed E-state index contributed by atoms with van der Waals surface area (Å²) in [6.07, 6.45) is 5.55. The molecule has 1 fully saturated rings. The number of carbonyl (C=O) groups is 1. The van der Waals surface area contributed by atoms with E-state index < -0.39 is 27.9 Å². The largest absolute Gasteiger partial charge is 0.443 e. The van der Waals surface area contributed by atoms with Gasteiger partial charge in [-0.05, 0) is 33.6 Å². The molecule has 0 aromatic heterocycles. The first-order chi connectivity index (χ1) is 8.15. The number of nitrogens with zero attached hydrogens (tertiary/aromatic N) is 1. The Labute approximate surface area is 108 Å². The molecule has 1 aliphatic heterocycles. The Hall–Kier alpha value is -1.26. The van der Waals surface area contributed by atoms with E-state index in [0.717, 1.165) is 4.31 Å². The molecule has 6 nitrogen and oxygen atoms in total. The maximum absolute atomic E-state index is 11.9. The zero-order valence-corrected chi connectivity index (χ0v) is 11.6. The molecule has 18 heavy (non-hydrogen) atoms. The molecule has 1 heterocycles. The third-order valence-corrected chi connectivity index (χ3v) is 3.80. The monoisotopic (exact) mass is 274 g/mol. The molecule has 0 spiro atoms. The van der Waals surface area contributed by atoms with Crippen molar-refractivity contribution in [1.82, 2.24) is 9.03 Å². The Bertz CT molecular complexity index is 458. The Morgan fingerprint density at radius 2 is 2.11 bits per heavy atom. The van der Waals surface area contributed by atoms with E-state index in [0.29, 0.717) is 19.4 Å². The molecule has 1 rings (SSSR count). The van der Waals surface area contributed by atoms with Gasteiger partial charge in [-0.15, -0.1) is 6.42 Å². The van der Waals surface area contributed by atoms with Gasteiger partial charge in [0.2, 0.25) is 0 Å². The molecule has 0 radical (unpaired) electrons. The summed E-state index contributed by atoms with van der Waals surface area (Å²) in [6, 6.07) is -0.495. The zero-order chi connectivity index (χ0) is 14.0. The van der Waals surface area contributed by atoms with Crippen LogP contribution in [-0.4, -0.2) is 37.0 Å². The van der Waals surface area contributed by atoms with Crippen LogP contribution in [0.1, 0.15) is 33.6 Å². The maximum Gasteiger partial charge on any atom is 0.422 e. The second kappa shape index (κ2) is 5.16. The highest BCUT2D eigenvalue weighted by Gasteiger charge is 2.35. The van der Waals surface area contributed by atoms with Gasteiger partial charge in [-0.3, -0.25) is 0 Å². The highest BCUT2D eigenvalue weighted by molar-refractivity contribution is 7.87. The van der Waals surface area contributed by atoms with E-state index in [1.165, 1.54) is 0 Å². The lowest BCUT2D eigenvalue weighted by molar-refractivity contribution is 0.0567. The van der Waals surface area contributed by atoms with Crippen molar-refractivity contribution in [3.63, 3.8) is 0 Å². The number of hydrogen-bond donors (Lipinski definition) is 1. The Kier molecular flexibility index (Phi) is 4.24. The number of ether oxygens (including phenoxy) is 1. The quantitative estimate of drug-likeness (QED) is 0.758. The van der Waals surface area contributed by atoms with Crippen LogP contribution in [0.5, 0.6) is 0 Å². The number of carbonyl (C=O) groups excluding carboxylic acids is 1. The van der Waals surface area contributed by atoms with Gasteiger partial charge in [0, 0.05) is 6.54 Å². The van der Waals surface area contributed by atoms with Crippen molar-refractivity contribution in [3.05, 3.63) is 0 Å². The van der Waals surface area contributed by atoms with Gasteiger partial charge >= 0.3 is 16.3 Å². The summed E-state index contributed by atoms with van der Waals surface area (Å²) in [5.74, 6) is 2.40. The molecule has 1 N–H and O–H groups in total. The third kappa shape index (κ3) is 3.89. The number of terminal acetylenes is 1. The van der Waals surface area contributed by atoms with Crippen molar-refractivity contribution < 1.29 is 17.9 Å². The SMILES string of the molecule is C#CC1CCCN1S(=O)(=O)NC(=O)OC(C)(C)C. The van der Waals surface area contributed by atoms with E-state index in [1.807, 2.05) is 4.72 Å². The van der Waals surface area contributed by atoms with E-state index in [2.05, 4.69) is 5.92 Å². The molecule has 1 saturated heterocycles. The molecule has 7 heteroatoms. The predicted molar refractivity (Wildman–Crippen MR) is 66.9 cm³/mol. The summed E-state index contributed by atoms with van der Waals surface area (Å²) < 4.78 is 31.7. The van der Waals surface area contributed by atoms with Gasteiger partial charge in [0.15, 0.2) is 0 Å². The van der Waals surface area contributed by atoms with Crippen LogP contribution in [0, 0.1) is 12.3 Å². The fourth-order valence-electron chi connectivity index (χ4n) is 1.66. The lowest BCUT2D eigenvalue weighted by Crippen LogP contribution is -2.46. The van der Waals surface area contributed by atoms with Crippen LogP contribution in [0.15, 0.2) is 0 Å². The molecular formula is C11H18N2O4S. The molecule has 1 atom stereocenters. The fraction of sp³-hybridized carbons (Fsp3) is 0.727. The Balaban J connectivity index is 2.71. The average Bonchev–Trinajstić information content (AvgIpc) is 2.61. The summed E-state index contributed by atoms with van der Waals surface area (Å²) in [5, 5.41) is 0. The molecule has 0 aromatic carbocycles. The van der Waals surface area contributed by atoms with Crippen molar-refractivity contribution >= 4 is 16.3 Å². The first-order valence-corrected chi connectivity index (χ1v) is 7.08. The number of rotatable bonds is 2. The molecule has 1 unspecified atom stereocenters. The van der Waals surface area contributed by atoms with Crippen molar-refractivity contribution in [2.45, 2.75) is 45.3 Å². The topological polar surface area (TPSA) is 75.7 Å². The number of nitrogens with one attached hydrogen (secondary N) is 1. The maximum atomic E-state index is 11.9. The molecule has 0 saturated carbocycles. The normalized spacial score (nSPS) is 21.3. The predicted octanol–water partition coefficient (Wildman–Crippen LogP) is 0.853. The Morgan fingerprint density at radius 3 is 2.61 bits per heavy atom.